The molecule has 0 aliphatic heterocycles. The van der Waals surface area contributed by atoms with E-state index in [0.717, 1.165) is 23.5 Å². The van der Waals surface area contributed by atoms with Crippen LogP contribution >= 0.6 is 7.14 Å². The summed E-state index contributed by atoms with van der Waals surface area (Å²) in [5.41, 5.74) is 0. The van der Waals surface area contributed by atoms with Crippen molar-refractivity contribution in [1.29, 1.82) is 0 Å². The Morgan fingerprint density at radius 2 is 1.68 bits per heavy atom. The highest BCUT2D eigenvalue weighted by Crippen LogP contribution is 2.44. The number of rotatable bonds is 5. The lowest BCUT2D eigenvalue weighted by atomic mass is 10.3. The molecule has 19 heavy (non-hydrogen) atoms. The van der Waals surface area contributed by atoms with Crippen molar-refractivity contribution in [3.8, 4) is 5.75 Å². The van der Waals surface area contributed by atoms with Gasteiger partial charge in [-0.2, -0.15) is 0 Å². The van der Waals surface area contributed by atoms with Gasteiger partial charge in [0.25, 0.3) is 0 Å². The Labute approximate surface area is 114 Å². The molecule has 0 aromatic heterocycles. The zero-order valence-electron chi connectivity index (χ0n) is 11.1. The van der Waals surface area contributed by atoms with Crippen LogP contribution in [-0.2, 0) is 4.57 Å². The lowest BCUT2D eigenvalue weighted by Crippen LogP contribution is -2.18. The van der Waals surface area contributed by atoms with Gasteiger partial charge < -0.3 is 9.67 Å². The Bertz CT molecular complexity index is 578. The third-order valence-corrected chi connectivity index (χ3v) is 6.44. The van der Waals surface area contributed by atoms with E-state index in [-0.39, 0.29) is 5.75 Å². The third-order valence-electron chi connectivity index (χ3n) is 3.25. The third kappa shape index (κ3) is 3.08. The van der Waals surface area contributed by atoms with Gasteiger partial charge in [-0.15, -0.1) is 0 Å². The molecule has 0 saturated heterocycles. The molecule has 0 bridgehead atoms. The average Bonchev–Trinajstić information content (AvgIpc) is 2.45. The number of phenols is 1. The molecule has 2 nitrogen and oxygen atoms in total. The molecule has 0 amide bonds. The summed E-state index contributed by atoms with van der Waals surface area (Å²) in [5.74, 6) is 0.171. The van der Waals surface area contributed by atoms with Crippen molar-refractivity contribution in [2.75, 3.05) is 6.16 Å². The molecule has 1 unspecified atom stereocenters. The van der Waals surface area contributed by atoms with Gasteiger partial charge in [0.15, 0.2) is 0 Å². The van der Waals surface area contributed by atoms with E-state index in [1.54, 1.807) is 18.2 Å². The summed E-state index contributed by atoms with van der Waals surface area (Å²) in [4.78, 5) is 0. The standard InChI is InChI=1S/C16H19O2P/c1-2-3-12-19(18,15-9-5-4-6-10-15)16-11-7-8-14(17)13-16/h4-11,13,17H,2-3,12H2,1H3. The van der Waals surface area contributed by atoms with E-state index in [4.69, 9.17) is 0 Å². The van der Waals surface area contributed by atoms with Crippen molar-refractivity contribution in [2.24, 2.45) is 0 Å². The quantitative estimate of drug-likeness (QED) is 0.847. The molecular formula is C16H19O2P. The highest BCUT2D eigenvalue weighted by Gasteiger charge is 2.26. The minimum Gasteiger partial charge on any atom is -0.508 e. The average molecular weight is 274 g/mol. The van der Waals surface area contributed by atoms with Crippen molar-refractivity contribution in [3.05, 3.63) is 54.6 Å². The Kier molecular flexibility index (Phi) is 4.44. The van der Waals surface area contributed by atoms with Crippen LogP contribution in [0.4, 0.5) is 0 Å². The molecule has 2 aromatic rings. The normalized spacial score (nSPS) is 13.9. The van der Waals surface area contributed by atoms with E-state index >= 15 is 0 Å². The summed E-state index contributed by atoms with van der Waals surface area (Å²) in [6.45, 7) is 2.10. The number of phenolic OH excluding ortho intramolecular Hbond substituents is 1. The second-order valence-corrected chi connectivity index (χ2v) is 7.63. The number of hydrogen-bond acceptors (Lipinski definition) is 2. The predicted molar refractivity (Wildman–Crippen MR) is 81.2 cm³/mol. The van der Waals surface area contributed by atoms with Crippen LogP contribution < -0.4 is 10.6 Å². The molecular weight excluding hydrogens is 255 g/mol. The SMILES string of the molecule is CCCCP(=O)(c1ccccc1)c1cccc(O)c1. The summed E-state index contributed by atoms with van der Waals surface area (Å²) in [5, 5.41) is 11.2. The first-order valence-corrected chi connectivity index (χ1v) is 8.50. The van der Waals surface area contributed by atoms with Crippen molar-refractivity contribution < 1.29 is 9.67 Å². The minimum atomic E-state index is -2.63. The maximum absolute atomic E-state index is 13.4. The van der Waals surface area contributed by atoms with E-state index in [0.29, 0.717) is 6.16 Å². The van der Waals surface area contributed by atoms with Crippen LogP contribution in [0.1, 0.15) is 19.8 Å². The van der Waals surface area contributed by atoms with Gasteiger partial charge in [-0.25, -0.2) is 0 Å². The number of aromatic hydroxyl groups is 1. The monoisotopic (exact) mass is 274 g/mol. The highest BCUT2D eigenvalue weighted by atomic mass is 31.2. The molecule has 0 heterocycles. The van der Waals surface area contributed by atoms with Crippen LogP contribution in [0, 0.1) is 0 Å². The number of unbranched alkanes of at least 4 members (excludes halogenated alkanes) is 1. The smallest absolute Gasteiger partial charge is 0.143 e. The van der Waals surface area contributed by atoms with Gasteiger partial charge in [0.1, 0.15) is 12.9 Å². The van der Waals surface area contributed by atoms with Crippen LogP contribution in [0.5, 0.6) is 5.75 Å². The summed E-state index contributed by atoms with van der Waals surface area (Å²) < 4.78 is 13.4. The zero-order chi connectivity index (χ0) is 13.7. The molecule has 0 radical (unpaired) electrons. The fourth-order valence-corrected chi connectivity index (χ4v) is 5.07. The molecule has 0 aliphatic carbocycles. The molecule has 2 rings (SSSR count). The van der Waals surface area contributed by atoms with Gasteiger partial charge in [0.2, 0.25) is 0 Å². The summed E-state index contributed by atoms with van der Waals surface area (Å²) >= 11 is 0. The second-order valence-electron chi connectivity index (χ2n) is 4.67. The van der Waals surface area contributed by atoms with Crippen molar-refractivity contribution >= 4 is 17.8 Å². The van der Waals surface area contributed by atoms with E-state index in [1.807, 2.05) is 36.4 Å². The summed E-state index contributed by atoms with van der Waals surface area (Å²) in [7, 11) is -2.63. The number of benzene rings is 2. The fraction of sp³-hybridized carbons (Fsp3) is 0.250. The molecule has 100 valence electrons. The predicted octanol–water partition coefficient (Wildman–Crippen LogP) is 3.51. The van der Waals surface area contributed by atoms with E-state index < -0.39 is 7.14 Å². The van der Waals surface area contributed by atoms with E-state index in [1.165, 1.54) is 0 Å². The van der Waals surface area contributed by atoms with Gasteiger partial charge in [-0.1, -0.05) is 55.8 Å². The maximum Gasteiger partial charge on any atom is 0.143 e. The molecule has 0 saturated carbocycles. The fourth-order valence-electron chi connectivity index (χ4n) is 2.17. The minimum absolute atomic E-state index is 0.171. The molecule has 0 aliphatic rings. The van der Waals surface area contributed by atoms with E-state index in [9.17, 15) is 9.67 Å². The molecule has 0 spiro atoms. The molecule has 2 aromatic carbocycles. The lowest BCUT2D eigenvalue weighted by molar-refractivity contribution is 0.475. The van der Waals surface area contributed by atoms with Crippen LogP contribution in [0.15, 0.2) is 54.6 Å². The van der Waals surface area contributed by atoms with E-state index in [2.05, 4.69) is 6.92 Å². The number of hydrogen-bond donors (Lipinski definition) is 1. The topological polar surface area (TPSA) is 37.3 Å². The zero-order valence-corrected chi connectivity index (χ0v) is 12.0. The van der Waals surface area contributed by atoms with Crippen molar-refractivity contribution in [1.82, 2.24) is 0 Å². The van der Waals surface area contributed by atoms with Crippen LogP contribution in [0.3, 0.4) is 0 Å². The summed E-state index contributed by atoms with van der Waals surface area (Å²) in [6.07, 6.45) is 2.58. The first kappa shape index (κ1) is 13.9. The summed E-state index contributed by atoms with van der Waals surface area (Å²) in [6, 6.07) is 16.4. The Balaban J connectivity index is 2.49. The van der Waals surface area contributed by atoms with Gasteiger partial charge in [0.05, 0.1) is 0 Å². The van der Waals surface area contributed by atoms with Gasteiger partial charge >= 0.3 is 0 Å². The highest BCUT2D eigenvalue weighted by molar-refractivity contribution is 7.78. The van der Waals surface area contributed by atoms with Gasteiger partial charge in [-0.3, -0.25) is 0 Å². The Morgan fingerprint density at radius 3 is 2.32 bits per heavy atom. The first-order chi connectivity index (χ1) is 9.16. The van der Waals surface area contributed by atoms with Gasteiger partial charge in [-0.05, 0) is 18.6 Å². The largest absolute Gasteiger partial charge is 0.508 e. The first-order valence-electron chi connectivity index (χ1n) is 6.61. The molecule has 1 N–H and O–H groups in total. The lowest BCUT2D eigenvalue weighted by Gasteiger charge is -2.19. The second kappa shape index (κ2) is 6.08. The Hall–Kier alpha value is -1.53. The molecule has 3 heteroatoms. The van der Waals surface area contributed by atoms with Crippen molar-refractivity contribution in [2.45, 2.75) is 19.8 Å². The van der Waals surface area contributed by atoms with Crippen LogP contribution in [0.2, 0.25) is 0 Å². The van der Waals surface area contributed by atoms with Crippen molar-refractivity contribution in [3.63, 3.8) is 0 Å². The van der Waals surface area contributed by atoms with Gasteiger partial charge in [0, 0.05) is 16.8 Å². The molecule has 1 atom stereocenters. The maximum atomic E-state index is 13.4. The van der Waals surface area contributed by atoms with Crippen LogP contribution in [0.25, 0.3) is 0 Å². The van der Waals surface area contributed by atoms with Crippen LogP contribution in [-0.4, -0.2) is 11.3 Å². The Morgan fingerprint density at radius 1 is 1.00 bits per heavy atom. The molecule has 0 fully saturated rings.